The Morgan fingerprint density at radius 3 is 2.40 bits per heavy atom. The SMILES string of the molecule is Cc1noc([C@@]23CN(C(=O)c4ccccc4)C[C@@H]2CN(C(=O)c2cn(C)cn2)C3)n1. The summed E-state index contributed by atoms with van der Waals surface area (Å²) in [5.74, 6) is 0.896. The molecule has 9 nitrogen and oxygen atoms in total. The molecule has 0 bridgehead atoms. The van der Waals surface area contributed by atoms with Gasteiger partial charge in [0.05, 0.1) is 11.7 Å². The summed E-state index contributed by atoms with van der Waals surface area (Å²) in [7, 11) is 1.83. The molecule has 9 heteroatoms. The van der Waals surface area contributed by atoms with Gasteiger partial charge in [0.25, 0.3) is 11.8 Å². The molecule has 2 fully saturated rings. The maximum Gasteiger partial charge on any atom is 0.274 e. The monoisotopic (exact) mass is 406 g/mol. The Balaban J connectivity index is 1.45. The molecule has 0 spiro atoms. The minimum Gasteiger partial charge on any atom is -0.340 e. The topological polar surface area (TPSA) is 97.4 Å². The van der Waals surface area contributed by atoms with Crippen molar-refractivity contribution in [2.75, 3.05) is 26.2 Å². The second-order valence-electron chi connectivity index (χ2n) is 8.16. The lowest BCUT2D eigenvalue weighted by Crippen LogP contribution is -2.41. The van der Waals surface area contributed by atoms with E-state index in [1.165, 1.54) is 0 Å². The number of aromatic nitrogens is 4. The molecular weight excluding hydrogens is 384 g/mol. The molecule has 2 amide bonds. The maximum atomic E-state index is 13.1. The molecule has 2 atom stereocenters. The van der Waals surface area contributed by atoms with Gasteiger partial charge in [-0.05, 0) is 19.1 Å². The molecule has 0 radical (unpaired) electrons. The fourth-order valence-corrected chi connectivity index (χ4v) is 4.62. The van der Waals surface area contributed by atoms with Gasteiger partial charge in [-0.25, -0.2) is 4.98 Å². The van der Waals surface area contributed by atoms with Crippen LogP contribution < -0.4 is 0 Å². The molecular formula is C21H22N6O3. The zero-order valence-electron chi connectivity index (χ0n) is 16.9. The molecule has 2 saturated heterocycles. The van der Waals surface area contributed by atoms with Gasteiger partial charge in [0, 0.05) is 50.9 Å². The molecule has 0 aliphatic carbocycles. The Kier molecular flexibility index (Phi) is 4.19. The molecule has 2 aliphatic heterocycles. The second kappa shape index (κ2) is 6.79. The first-order valence-electron chi connectivity index (χ1n) is 9.88. The van der Waals surface area contributed by atoms with E-state index in [0.29, 0.717) is 49.2 Å². The Labute approximate surface area is 173 Å². The summed E-state index contributed by atoms with van der Waals surface area (Å²) in [5.41, 5.74) is 0.484. The van der Waals surface area contributed by atoms with Gasteiger partial charge in [0.15, 0.2) is 5.82 Å². The third kappa shape index (κ3) is 2.89. The standard InChI is InChI=1S/C21H22N6O3/c1-14-23-20(30-24-14)21-11-26(18(28)15-6-4-3-5-7-15)8-16(21)9-27(12-21)19(29)17-10-25(2)13-22-17/h3-7,10,13,16H,8-9,11-12H2,1-2H3/t16-,21-/m1/s1. The molecule has 2 aromatic heterocycles. The van der Waals surface area contributed by atoms with Gasteiger partial charge in [-0.15, -0.1) is 0 Å². The number of imidazole rings is 1. The molecule has 5 rings (SSSR count). The van der Waals surface area contributed by atoms with Crippen LogP contribution in [0.3, 0.4) is 0 Å². The smallest absolute Gasteiger partial charge is 0.274 e. The average Bonchev–Trinajstić information content (AvgIpc) is 3.50. The minimum atomic E-state index is -0.573. The Morgan fingerprint density at radius 2 is 1.80 bits per heavy atom. The molecule has 0 N–H and O–H groups in total. The van der Waals surface area contributed by atoms with Crippen LogP contribution in [0.25, 0.3) is 0 Å². The third-order valence-corrected chi connectivity index (χ3v) is 6.08. The van der Waals surface area contributed by atoms with E-state index in [1.807, 2.05) is 42.3 Å². The minimum absolute atomic E-state index is 0.0117. The first-order chi connectivity index (χ1) is 14.5. The third-order valence-electron chi connectivity index (χ3n) is 6.08. The Hall–Kier alpha value is -3.49. The summed E-state index contributed by atoms with van der Waals surface area (Å²) in [5, 5.41) is 3.97. The predicted octanol–water partition coefficient (Wildman–Crippen LogP) is 1.28. The van der Waals surface area contributed by atoms with Crippen LogP contribution in [0.2, 0.25) is 0 Å². The van der Waals surface area contributed by atoms with Crippen LogP contribution in [0.4, 0.5) is 0 Å². The van der Waals surface area contributed by atoms with Gasteiger partial charge in [-0.1, -0.05) is 23.4 Å². The van der Waals surface area contributed by atoms with Gasteiger partial charge in [-0.3, -0.25) is 9.59 Å². The van der Waals surface area contributed by atoms with Crippen molar-refractivity contribution in [1.29, 1.82) is 0 Å². The van der Waals surface area contributed by atoms with Crippen LogP contribution in [0.5, 0.6) is 0 Å². The fraction of sp³-hybridized carbons (Fsp3) is 0.381. The van der Waals surface area contributed by atoms with Crippen molar-refractivity contribution in [2.45, 2.75) is 12.3 Å². The second-order valence-corrected chi connectivity index (χ2v) is 8.16. The van der Waals surface area contributed by atoms with Crippen LogP contribution in [-0.2, 0) is 12.5 Å². The quantitative estimate of drug-likeness (QED) is 0.650. The Bertz CT molecular complexity index is 1110. The van der Waals surface area contributed by atoms with Crippen molar-refractivity contribution in [3.05, 3.63) is 65.8 Å². The molecule has 0 unspecified atom stereocenters. The summed E-state index contributed by atoms with van der Waals surface area (Å²) in [6.45, 7) is 3.65. The molecule has 2 aliphatic rings. The highest BCUT2D eigenvalue weighted by molar-refractivity contribution is 5.95. The number of nitrogens with zero attached hydrogens (tertiary/aromatic N) is 6. The number of likely N-dealkylation sites (tertiary alicyclic amines) is 2. The van der Waals surface area contributed by atoms with E-state index in [1.54, 1.807) is 28.9 Å². The van der Waals surface area contributed by atoms with Crippen LogP contribution in [0, 0.1) is 12.8 Å². The molecule has 3 aromatic rings. The van der Waals surface area contributed by atoms with Crippen molar-refractivity contribution in [1.82, 2.24) is 29.5 Å². The summed E-state index contributed by atoms with van der Waals surface area (Å²) < 4.78 is 7.32. The van der Waals surface area contributed by atoms with Crippen LogP contribution in [0.1, 0.15) is 32.6 Å². The number of fused-ring (bicyclic) bond motifs is 1. The number of carbonyl (C=O) groups is 2. The van der Waals surface area contributed by atoms with Crippen molar-refractivity contribution in [3.63, 3.8) is 0 Å². The van der Waals surface area contributed by atoms with E-state index in [0.717, 1.165) is 0 Å². The highest BCUT2D eigenvalue weighted by atomic mass is 16.5. The van der Waals surface area contributed by atoms with Gasteiger partial charge < -0.3 is 18.9 Å². The zero-order valence-corrected chi connectivity index (χ0v) is 16.9. The number of carbonyl (C=O) groups excluding carboxylic acids is 2. The highest BCUT2D eigenvalue weighted by Crippen LogP contribution is 2.45. The molecule has 1 aromatic carbocycles. The highest BCUT2D eigenvalue weighted by Gasteiger charge is 2.59. The number of hydrogen-bond acceptors (Lipinski definition) is 6. The van der Waals surface area contributed by atoms with E-state index < -0.39 is 5.41 Å². The number of rotatable bonds is 3. The lowest BCUT2D eigenvalue weighted by molar-refractivity contribution is 0.0724. The van der Waals surface area contributed by atoms with E-state index in [4.69, 9.17) is 4.52 Å². The summed E-state index contributed by atoms with van der Waals surface area (Å²) in [6, 6.07) is 9.23. The van der Waals surface area contributed by atoms with Crippen LogP contribution in [-0.4, -0.2) is 67.5 Å². The van der Waals surface area contributed by atoms with Gasteiger partial charge >= 0.3 is 0 Å². The fourth-order valence-electron chi connectivity index (χ4n) is 4.62. The number of aryl methyl sites for hydroxylation is 2. The first-order valence-corrected chi connectivity index (χ1v) is 9.88. The predicted molar refractivity (Wildman–Crippen MR) is 106 cm³/mol. The number of hydrogen-bond donors (Lipinski definition) is 0. The first kappa shape index (κ1) is 18.5. The van der Waals surface area contributed by atoms with Crippen molar-refractivity contribution >= 4 is 11.8 Å². The summed E-state index contributed by atoms with van der Waals surface area (Å²) >= 11 is 0. The van der Waals surface area contributed by atoms with Crippen LogP contribution >= 0.6 is 0 Å². The maximum absolute atomic E-state index is 13.1. The van der Waals surface area contributed by atoms with Crippen molar-refractivity contribution in [2.24, 2.45) is 13.0 Å². The summed E-state index contributed by atoms with van der Waals surface area (Å²) in [4.78, 5) is 38.4. The molecule has 4 heterocycles. The normalized spacial score (nSPS) is 23.1. The Morgan fingerprint density at radius 1 is 1.10 bits per heavy atom. The summed E-state index contributed by atoms with van der Waals surface area (Å²) in [6.07, 6.45) is 3.33. The number of amides is 2. The van der Waals surface area contributed by atoms with E-state index >= 15 is 0 Å². The van der Waals surface area contributed by atoms with Gasteiger partial charge in [-0.2, -0.15) is 4.98 Å². The molecule has 30 heavy (non-hydrogen) atoms. The zero-order chi connectivity index (χ0) is 20.9. The van der Waals surface area contributed by atoms with Crippen molar-refractivity contribution < 1.29 is 14.1 Å². The van der Waals surface area contributed by atoms with Crippen LogP contribution in [0.15, 0.2) is 47.4 Å². The van der Waals surface area contributed by atoms with E-state index in [2.05, 4.69) is 15.1 Å². The van der Waals surface area contributed by atoms with Gasteiger partial charge in [0.2, 0.25) is 5.89 Å². The lowest BCUT2D eigenvalue weighted by Gasteiger charge is -2.25. The van der Waals surface area contributed by atoms with E-state index in [9.17, 15) is 9.59 Å². The van der Waals surface area contributed by atoms with E-state index in [-0.39, 0.29) is 17.7 Å². The largest absolute Gasteiger partial charge is 0.340 e. The molecule has 0 saturated carbocycles. The van der Waals surface area contributed by atoms with Crippen molar-refractivity contribution in [3.8, 4) is 0 Å². The lowest BCUT2D eigenvalue weighted by atomic mass is 9.81. The van der Waals surface area contributed by atoms with Gasteiger partial charge in [0.1, 0.15) is 5.69 Å². The number of benzene rings is 1. The molecule has 154 valence electrons. The average molecular weight is 406 g/mol.